The second-order valence-electron chi connectivity index (χ2n) is 6.93. The van der Waals surface area contributed by atoms with E-state index in [1.54, 1.807) is 0 Å². The first-order valence-electron chi connectivity index (χ1n) is 8.55. The van der Waals surface area contributed by atoms with Crippen LogP contribution in [0.15, 0.2) is 0 Å². The normalized spacial score (nSPS) is 31.8. The van der Waals surface area contributed by atoms with Crippen molar-refractivity contribution in [2.24, 2.45) is 5.73 Å². The van der Waals surface area contributed by atoms with Gasteiger partial charge in [-0.2, -0.15) is 0 Å². The molecule has 2 unspecified atom stereocenters. The fourth-order valence-corrected chi connectivity index (χ4v) is 4.60. The van der Waals surface area contributed by atoms with E-state index in [9.17, 15) is 0 Å². The molecule has 1 saturated carbocycles. The lowest BCUT2D eigenvalue weighted by atomic mass is 9.73. The van der Waals surface area contributed by atoms with Crippen LogP contribution in [0.5, 0.6) is 0 Å². The minimum Gasteiger partial charge on any atom is -0.392 e. The number of ether oxygens (including phenoxy) is 1. The van der Waals surface area contributed by atoms with E-state index in [-0.39, 0.29) is 11.6 Å². The van der Waals surface area contributed by atoms with Crippen LogP contribution in [-0.4, -0.2) is 65.3 Å². The standard InChI is InChI=1S/C16H29N3OS/c1-2-14(15(17)21)19-9-7-18(8-10-19)13-4-11-20-16(12-13)5-3-6-16/h13-14H,2-12H2,1H3,(H2,17,21). The van der Waals surface area contributed by atoms with Gasteiger partial charge in [-0.15, -0.1) is 0 Å². The summed E-state index contributed by atoms with van der Waals surface area (Å²) < 4.78 is 6.06. The van der Waals surface area contributed by atoms with Crippen LogP contribution in [0.1, 0.15) is 45.4 Å². The number of rotatable bonds is 4. The Balaban J connectivity index is 1.52. The molecule has 0 aromatic rings. The maximum Gasteiger partial charge on any atom is 0.0901 e. The third-order valence-corrected chi connectivity index (χ3v) is 6.02. The summed E-state index contributed by atoms with van der Waals surface area (Å²) in [5.41, 5.74) is 6.13. The van der Waals surface area contributed by atoms with Gasteiger partial charge in [0, 0.05) is 38.8 Å². The molecule has 120 valence electrons. The molecular weight excluding hydrogens is 282 g/mol. The van der Waals surface area contributed by atoms with Gasteiger partial charge in [0.1, 0.15) is 0 Å². The zero-order chi connectivity index (χ0) is 14.9. The van der Waals surface area contributed by atoms with E-state index < -0.39 is 0 Å². The minimum absolute atomic E-state index is 0.255. The molecule has 2 aliphatic heterocycles. The molecule has 2 saturated heterocycles. The molecule has 0 radical (unpaired) electrons. The van der Waals surface area contributed by atoms with Crippen molar-refractivity contribution in [1.82, 2.24) is 9.80 Å². The number of hydrogen-bond donors (Lipinski definition) is 1. The highest BCUT2D eigenvalue weighted by atomic mass is 32.1. The maximum absolute atomic E-state index is 6.06. The largest absolute Gasteiger partial charge is 0.392 e. The average molecular weight is 311 g/mol. The molecule has 2 N–H and O–H groups in total. The van der Waals surface area contributed by atoms with Gasteiger partial charge in [0.15, 0.2) is 0 Å². The van der Waals surface area contributed by atoms with Gasteiger partial charge in [-0.1, -0.05) is 19.1 Å². The highest BCUT2D eigenvalue weighted by Crippen LogP contribution is 2.43. The monoisotopic (exact) mass is 311 g/mol. The third-order valence-electron chi connectivity index (χ3n) is 5.75. The molecule has 1 spiro atoms. The van der Waals surface area contributed by atoms with Crippen LogP contribution in [0.3, 0.4) is 0 Å². The molecule has 5 heteroatoms. The zero-order valence-corrected chi connectivity index (χ0v) is 14.0. The van der Waals surface area contributed by atoms with Gasteiger partial charge in [-0.05, 0) is 38.5 Å². The number of nitrogens with zero attached hydrogens (tertiary/aromatic N) is 2. The van der Waals surface area contributed by atoms with Crippen LogP contribution >= 0.6 is 12.2 Å². The lowest BCUT2D eigenvalue weighted by Gasteiger charge is -2.51. The van der Waals surface area contributed by atoms with Gasteiger partial charge in [0.05, 0.1) is 16.6 Å². The number of piperazine rings is 1. The van der Waals surface area contributed by atoms with Crippen LogP contribution < -0.4 is 5.73 Å². The molecule has 21 heavy (non-hydrogen) atoms. The van der Waals surface area contributed by atoms with E-state index >= 15 is 0 Å². The first-order valence-corrected chi connectivity index (χ1v) is 8.96. The molecule has 2 heterocycles. The molecule has 3 rings (SSSR count). The number of thiocarbonyl (C=S) groups is 1. The van der Waals surface area contributed by atoms with E-state index in [4.69, 9.17) is 22.7 Å². The van der Waals surface area contributed by atoms with Crippen molar-refractivity contribution in [3.05, 3.63) is 0 Å². The molecule has 0 bridgehead atoms. The molecule has 2 atom stereocenters. The SMILES string of the molecule is CCC(C(N)=S)N1CCN(C2CCOC3(CCC3)C2)CC1. The summed E-state index contributed by atoms with van der Waals surface area (Å²) in [6.07, 6.45) is 7.39. The Morgan fingerprint density at radius 3 is 2.57 bits per heavy atom. The topological polar surface area (TPSA) is 41.7 Å². The number of hydrogen-bond acceptors (Lipinski definition) is 4. The van der Waals surface area contributed by atoms with Gasteiger partial charge < -0.3 is 10.5 Å². The summed E-state index contributed by atoms with van der Waals surface area (Å²) in [7, 11) is 0. The van der Waals surface area contributed by atoms with Crippen molar-refractivity contribution in [3.8, 4) is 0 Å². The van der Waals surface area contributed by atoms with Crippen LogP contribution in [0.2, 0.25) is 0 Å². The van der Waals surface area contributed by atoms with E-state index in [2.05, 4.69) is 16.7 Å². The van der Waals surface area contributed by atoms with Gasteiger partial charge in [-0.25, -0.2) is 0 Å². The Kier molecular flexibility index (Phi) is 4.84. The molecule has 1 aliphatic carbocycles. The third kappa shape index (κ3) is 3.26. The van der Waals surface area contributed by atoms with E-state index in [0.29, 0.717) is 4.99 Å². The van der Waals surface area contributed by atoms with Crippen LogP contribution in [-0.2, 0) is 4.74 Å². The summed E-state index contributed by atoms with van der Waals surface area (Å²) >= 11 is 5.21. The zero-order valence-electron chi connectivity index (χ0n) is 13.2. The molecule has 4 nitrogen and oxygen atoms in total. The summed E-state index contributed by atoms with van der Waals surface area (Å²) in [5.74, 6) is 0. The average Bonchev–Trinajstić information content (AvgIpc) is 2.47. The summed E-state index contributed by atoms with van der Waals surface area (Å²) in [6.45, 7) is 7.63. The Hall–Kier alpha value is -0.230. The second kappa shape index (κ2) is 6.49. The maximum atomic E-state index is 6.06. The Bertz CT molecular complexity index is 378. The van der Waals surface area contributed by atoms with Crippen molar-refractivity contribution in [2.45, 2.75) is 63.1 Å². The highest BCUT2D eigenvalue weighted by molar-refractivity contribution is 7.80. The fraction of sp³-hybridized carbons (Fsp3) is 0.938. The Labute approximate surface area is 134 Å². The van der Waals surface area contributed by atoms with Crippen LogP contribution in [0.25, 0.3) is 0 Å². The van der Waals surface area contributed by atoms with Crippen molar-refractivity contribution in [2.75, 3.05) is 32.8 Å². The van der Waals surface area contributed by atoms with E-state index in [0.717, 1.165) is 45.2 Å². The lowest BCUT2D eigenvalue weighted by molar-refractivity contribution is -0.151. The van der Waals surface area contributed by atoms with Gasteiger partial charge in [0.25, 0.3) is 0 Å². The minimum atomic E-state index is 0.255. The summed E-state index contributed by atoms with van der Waals surface area (Å²) in [6, 6.07) is 1.01. The second-order valence-corrected chi connectivity index (χ2v) is 7.40. The predicted octanol–water partition coefficient (Wildman–Crippen LogP) is 1.77. The first kappa shape index (κ1) is 15.7. The van der Waals surface area contributed by atoms with Crippen molar-refractivity contribution in [3.63, 3.8) is 0 Å². The van der Waals surface area contributed by atoms with Crippen LogP contribution in [0.4, 0.5) is 0 Å². The molecule has 3 aliphatic rings. The summed E-state index contributed by atoms with van der Waals surface area (Å²) in [4.78, 5) is 5.81. The predicted molar refractivity (Wildman–Crippen MR) is 89.6 cm³/mol. The van der Waals surface area contributed by atoms with Crippen molar-refractivity contribution >= 4 is 17.2 Å². The van der Waals surface area contributed by atoms with E-state index in [1.165, 1.54) is 32.1 Å². The molecule has 3 fully saturated rings. The van der Waals surface area contributed by atoms with Crippen LogP contribution in [0, 0.1) is 0 Å². The summed E-state index contributed by atoms with van der Waals surface area (Å²) in [5, 5.41) is 0. The lowest BCUT2D eigenvalue weighted by Crippen LogP contribution is -2.58. The Morgan fingerprint density at radius 2 is 2.05 bits per heavy atom. The number of nitrogens with two attached hydrogens (primary N) is 1. The first-order chi connectivity index (χ1) is 10.1. The van der Waals surface area contributed by atoms with Gasteiger partial charge in [0.2, 0.25) is 0 Å². The molecule has 0 aromatic carbocycles. The highest BCUT2D eigenvalue weighted by Gasteiger charge is 2.44. The molecule has 0 aromatic heterocycles. The molecule has 0 amide bonds. The van der Waals surface area contributed by atoms with Crippen molar-refractivity contribution < 1.29 is 4.74 Å². The quantitative estimate of drug-likeness (QED) is 0.802. The Morgan fingerprint density at radius 1 is 1.33 bits per heavy atom. The fourth-order valence-electron chi connectivity index (χ4n) is 4.29. The smallest absolute Gasteiger partial charge is 0.0901 e. The van der Waals surface area contributed by atoms with E-state index in [1.807, 2.05) is 0 Å². The van der Waals surface area contributed by atoms with Gasteiger partial charge in [-0.3, -0.25) is 9.80 Å². The van der Waals surface area contributed by atoms with Gasteiger partial charge >= 0.3 is 0 Å². The molecular formula is C16H29N3OS. The van der Waals surface area contributed by atoms with Crippen molar-refractivity contribution in [1.29, 1.82) is 0 Å².